The highest BCUT2D eigenvalue weighted by atomic mass is 19.3. The molecule has 0 aliphatic carbocycles. The number of ether oxygens (including phenoxy) is 2. The van der Waals surface area contributed by atoms with Gasteiger partial charge in [0.05, 0.1) is 24.6 Å². The van der Waals surface area contributed by atoms with Gasteiger partial charge in [0.2, 0.25) is 6.43 Å². The number of anilines is 1. The number of benzene rings is 1. The Morgan fingerprint density at radius 1 is 1.46 bits per heavy atom. The van der Waals surface area contributed by atoms with E-state index in [9.17, 15) is 23.7 Å². The second-order valence-corrected chi connectivity index (χ2v) is 6.90. The molecule has 9 heteroatoms. The maximum absolute atomic E-state index is 12.6. The van der Waals surface area contributed by atoms with Gasteiger partial charge in [-0.1, -0.05) is 13.0 Å². The molecule has 0 spiro atoms. The molecule has 28 heavy (non-hydrogen) atoms. The molecule has 3 unspecified atom stereocenters. The minimum atomic E-state index is -2.45. The third kappa shape index (κ3) is 6.12. The predicted octanol–water partition coefficient (Wildman–Crippen LogP) is 4.27. The first-order valence-corrected chi connectivity index (χ1v) is 9.35. The van der Waals surface area contributed by atoms with Crippen molar-refractivity contribution >= 4 is 17.3 Å². The number of alkyl halides is 2. The first-order chi connectivity index (χ1) is 13.3. The summed E-state index contributed by atoms with van der Waals surface area (Å²) in [5, 5.41) is 14.7. The lowest BCUT2D eigenvalue weighted by Gasteiger charge is -2.30. The van der Waals surface area contributed by atoms with E-state index in [1.165, 1.54) is 13.2 Å². The Kier molecular flexibility index (Phi) is 8.10. The number of esters is 1. The number of carbonyl (C=O) groups is 1. The fourth-order valence-corrected chi connectivity index (χ4v) is 3.45. The Hall–Kier alpha value is -2.29. The third-order valence-electron chi connectivity index (χ3n) is 4.99. The van der Waals surface area contributed by atoms with Crippen molar-refractivity contribution in [3.05, 3.63) is 33.9 Å². The van der Waals surface area contributed by atoms with Crippen LogP contribution in [0.5, 0.6) is 0 Å². The van der Waals surface area contributed by atoms with Crippen molar-refractivity contribution in [2.45, 2.75) is 63.5 Å². The van der Waals surface area contributed by atoms with Gasteiger partial charge in [0.15, 0.2) is 0 Å². The van der Waals surface area contributed by atoms with Crippen molar-refractivity contribution in [3.63, 3.8) is 0 Å². The molecule has 0 amide bonds. The highest BCUT2D eigenvalue weighted by Gasteiger charge is 2.27. The zero-order valence-corrected chi connectivity index (χ0v) is 16.0. The summed E-state index contributed by atoms with van der Waals surface area (Å²) < 4.78 is 35.2. The molecule has 2 rings (SSSR count). The van der Waals surface area contributed by atoms with Crippen molar-refractivity contribution in [2.24, 2.45) is 0 Å². The van der Waals surface area contributed by atoms with E-state index < -0.39 is 17.5 Å². The Morgan fingerprint density at radius 2 is 2.21 bits per heavy atom. The number of carbonyl (C=O) groups excluding carboxylic acids is 1. The molecule has 0 aromatic heterocycles. The smallest absolute Gasteiger partial charge is 0.306 e. The van der Waals surface area contributed by atoms with Crippen molar-refractivity contribution in [3.8, 4) is 0 Å². The van der Waals surface area contributed by atoms with Gasteiger partial charge in [0.25, 0.3) is 5.69 Å². The minimum absolute atomic E-state index is 0.0993. The maximum atomic E-state index is 12.6. The van der Waals surface area contributed by atoms with E-state index in [1.54, 1.807) is 12.1 Å². The first-order valence-electron chi connectivity index (χ1n) is 9.35. The van der Waals surface area contributed by atoms with Crippen molar-refractivity contribution in [2.75, 3.05) is 19.0 Å². The van der Waals surface area contributed by atoms with E-state index >= 15 is 0 Å². The summed E-state index contributed by atoms with van der Waals surface area (Å²) in [6, 6.07) is 4.65. The molecule has 1 aliphatic rings. The normalized spacial score (nSPS) is 20.6. The zero-order chi connectivity index (χ0) is 20.7. The van der Waals surface area contributed by atoms with Crippen molar-refractivity contribution in [1.29, 1.82) is 0 Å². The van der Waals surface area contributed by atoms with Crippen LogP contribution in [0, 0.1) is 10.1 Å². The second-order valence-electron chi connectivity index (χ2n) is 6.90. The standard InChI is InChI=1S/C19H26F2N2O5/c1-3-12(9-19(24)27-2)13-4-5-16(17(8-13)23(25)26)22-14-6-7-28-15(10-14)11-18(20)21/h4-5,8,12,14-15,18,22H,3,6-7,9-11H2,1-2H3. The number of nitro groups is 1. The second kappa shape index (κ2) is 10.3. The lowest BCUT2D eigenvalue weighted by Crippen LogP contribution is -2.35. The molecular weight excluding hydrogens is 374 g/mol. The maximum Gasteiger partial charge on any atom is 0.306 e. The van der Waals surface area contributed by atoms with Gasteiger partial charge in [-0.2, -0.15) is 0 Å². The summed E-state index contributed by atoms with van der Waals surface area (Å²) in [6.45, 7) is 2.23. The van der Waals surface area contributed by atoms with Crippen molar-refractivity contribution < 1.29 is 28.0 Å². The number of nitrogens with one attached hydrogen (secondary N) is 1. The van der Waals surface area contributed by atoms with Crippen LogP contribution in [0.1, 0.15) is 50.5 Å². The molecule has 1 saturated heterocycles. The molecule has 0 radical (unpaired) electrons. The Balaban J connectivity index is 2.16. The zero-order valence-electron chi connectivity index (χ0n) is 16.0. The predicted molar refractivity (Wildman–Crippen MR) is 99.8 cm³/mol. The fourth-order valence-electron chi connectivity index (χ4n) is 3.45. The van der Waals surface area contributed by atoms with Crippen LogP contribution in [0.4, 0.5) is 20.2 Å². The number of hydrogen-bond acceptors (Lipinski definition) is 6. The van der Waals surface area contributed by atoms with Crippen molar-refractivity contribution in [1.82, 2.24) is 0 Å². The van der Waals surface area contributed by atoms with Gasteiger partial charge in [0.1, 0.15) is 5.69 Å². The molecule has 0 saturated carbocycles. The molecular formula is C19H26F2N2O5. The molecule has 1 aliphatic heterocycles. The van der Waals surface area contributed by atoms with Gasteiger partial charge in [0, 0.05) is 25.1 Å². The number of halogens is 2. The van der Waals surface area contributed by atoms with E-state index in [4.69, 9.17) is 9.47 Å². The van der Waals surface area contributed by atoms with E-state index in [0.29, 0.717) is 37.1 Å². The molecule has 7 nitrogen and oxygen atoms in total. The quantitative estimate of drug-likeness (QED) is 0.378. The van der Waals surface area contributed by atoms with Gasteiger partial charge in [-0.25, -0.2) is 8.78 Å². The summed E-state index contributed by atoms with van der Waals surface area (Å²) in [7, 11) is 1.31. The SMILES string of the molecule is CCC(CC(=O)OC)c1ccc(NC2CCOC(CC(F)F)C2)c([N+](=O)[O-])c1. The van der Waals surface area contributed by atoms with Crippen LogP contribution in [-0.4, -0.2) is 43.2 Å². The van der Waals surface area contributed by atoms with Gasteiger partial charge in [-0.05, 0) is 36.8 Å². The van der Waals surface area contributed by atoms with E-state index in [1.807, 2.05) is 6.92 Å². The van der Waals surface area contributed by atoms with Crippen LogP contribution in [0.2, 0.25) is 0 Å². The number of hydrogen-bond donors (Lipinski definition) is 1. The summed E-state index contributed by atoms with van der Waals surface area (Å²) in [5.41, 5.74) is 0.926. The fraction of sp³-hybridized carbons (Fsp3) is 0.632. The molecule has 1 aromatic carbocycles. The van der Waals surface area contributed by atoms with Gasteiger partial charge in [-0.15, -0.1) is 0 Å². The molecule has 3 atom stereocenters. The Morgan fingerprint density at radius 3 is 2.82 bits per heavy atom. The van der Waals surface area contributed by atoms with Crippen LogP contribution in [0.3, 0.4) is 0 Å². The van der Waals surface area contributed by atoms with Crippen LogP contribution in [0.25, 0.3) is 0 Å². The Bertz CT molecular complexity index is 686. The highest BCUT2D eigenvalue weighted by Crippen LogP contribution is 2.33. The van der Waals surface area contributed by atoms with Crippen LogP contribution < -0.4 is 5.32 Å². The molecule has 1 fully saturated rings. The molecule has 1 N–H and O–H groups in total. The number of methoxy groups -OCH3 is 1. The first kappa shape index (κ1) is 22.0. The van der Waals surface area contributed by atoms with Crippen LogP contribution in [0.15, 0.2) is 18.2 Å². The van der Waals surface area contributed by atoms with E-state index in [-0.39, 0.29) is 36.5 Å². The summed E-state index contributed by atoms with van der Waals surface area (Å²) >= 11 is 0. The average molecular weight is 400 g/mol. The van der Waals surface area contributed by atoms with E-state index in [2.05, 4.69) is 5.32 Å². The van der Waals surface area contributed by atoms with Gasteiger partial charge >= 0.3 is 5.97 Å². The third-order valence-corrected chi connectivity index (χ3v) is 4.99. The molecule has 1 heterocycles. The lowest BCUT2D eigenvalue weighted by molar-refractivity contribution is -0.384. The number of nitro benzene ring substituents is 1. The van der Waals surface area contributed by atoms with Crippen LogP contribution in [-0.2, 0) is 14.3 Å². The minimum Gasteiger partial charge on any atom is -0.469 e. The summed E-state index contributed by atoms with van der Waals surface area (Å²) in [6.07, 6.45) is -1.63. The number of rotatable bonds is 9. The summed E-state index contributed by atoms with van der Waals surface area (Å²) in [4.78, 5) is 22.7. The molecule has 0 bridgehead atoms. The lowest BCUT2D eigenvalue weighted by atomic mass is 9.92. The Labute approximate surface area is 162 Å². The summed E-state index contributed by atoms with van der Waals surface area (Å²) in [5.74, 6) is -0.553. The van der Waals surface area contributed by atoms with Crippen LogP contribution >= 0.6 is 0 Å². The molecule has 1 aromatic rings. The highest BCUT2D eigenvalue weighted by molar-refractivity contribution is 5.71. The molecule has 156 valence electrons. The topological polar surface area (TPSA) is 90.7 Å². The average Bonchev–Trinajstić information content (AvgIpc) is 2.66. The largest absolute Gasteiger partial charge is 0.469 e. The van der Waals surface area contributed by atoms with E-state index in [0.717, 1.165) is 0 Å². The number of nitrogens with zero attached hydrogens (tertiary/aromatic N) is 1. The van der Waals surface area contributed by atoms with Gasteiger partial charge < -0.3 is 14.8 Å². The van der Waals surface area contributed by atoms with Gasteiger partial charge in [-0.3, -0.25) is 14.9 Å². The monoisotopic (exact) mass is 400 g/mol.